The summed E-state index contributed by atoms with van der Waals surface area (Å²) in [6.45, 7) is 0. The third-order valence-corrected chi connectivity index (χ3v) is 1.86. The second kappa shape index (κ2) is 5.41. The Bertz CT molecular complexity index is 365. The van der Waals surface area contributed by atoms with Gasteiger partial charge in [-0.25, -0.2) is 0 Å². The number of ether oxygens (including phenoxy) is 1. The predicted octanol–water partition coefficient (Wildman–Crippen LogP) is 2.26. The number of halogens is 1. The van der Waals surface area contributed by atoms with E-state index in [2.05, 4.69) is 11.8 Å². The minimum absolute atomic E-state index is 0.546. The third kappa shape index (κ3) is 2.86. The molecule has 0 aliphatic carbocycles. The van der Waals surface area contributed by atoms with Crippen molar-refractivity contribution in [3.8, 4) is 17.6 Å². The molecular formula is C11H12ClNO. The van der Waals surface area contributed by atoms with Crippen molar-refractivity contribution in [3.63, 3.8) is 0 Å². The van der Waals surface area contributed by atoms with Crippen LogP contribution in [0.5, 0.6) is 5.75 Å². The monoisotopic (exact) mass is 209 g/mol. The van der Waals surface area contributed by atoms with E-state index in [0.717, 1.165) is 5.56 Å². The quantitative estimate of drug-likeness (QED) is 0.461. The molecule has 0 saturated carbocycles. The van der Waals surface area contributed by atoms with Crippen LogP contribution in [-0.4, -0.2) is 13.0 Å². The molecule has 0 bridgehead atoms. The number of benzene rings is 1. The molecule has 2 nitrogen and oxygen atoms in total. The predicted molar refractivity (Wildman–Crippen MR) is 59.6 cm³/mol. The smallest absolute Gasteiger partial charge is 0.136 e. The molecule has 0 saturated heterocycles. The summed E-state index contributed by atoms with van der Waals surface area (Å²) in [5, 5.41) is 0. The molecule has 0 aromatic heterocycles. The van der Waals surface area contributed by atoms with Crippen molar-refractivity contribution in [3.05, 3.63) is 23.8 Å². The van der Waals surface area contributed by atoms with Crippen LogP contribution >= 0.6 is 11.6 Å². The minimum Gasteiger partial charge on any atom is -0.495 e. The molecule has 1 rings (SSSR count). The van der Waals surface area contributed by atoms with Crippen LogP contribution in [0.3, 0.4) is 0 Å². The van der Waals surface area contributed by atoms with Gasteiger partial charge >= 0.3 is 0 Å². The molecular weight excluding hydrogens is 198 g/mol. The van der Waals surface area contributed by atoms with Gasteiger partial charge in [0.1, 0.15) is 5.75 Å². The zero-order valence-electron chi connectivity index (χ0n) is 8.01. The van der Waals surface area contributed by atoms with Gasteiger partial charge in [-0.3, -0.25) is 0 Å². The van der Waals surface area contributed by atoms with E-state index in [9.17, 15) is 0 Å². The summed E-state index contributed by atoms with van der Waals surface area (Å²) in [5.74, 6) is 7.17. The lowest BCUT2D eigenvalue weighted by Gasteiger charge is -2.03. The van der Waals surface area contributed by atoms with E-state index in [1.807, 2.05) is 6.07 Å². The molecule has 74 valence electrons. The van der Waals surface area contributed by atoms with E-state index in [1.165, 1.54) is 0 Å². The first-order valence-corrected chi connectivity index (χ1v) is 4.79. The van der Waals surface area contributed by atoms with Crippen molar-refractivity contribution in [1.29, 1.82) is 0 Å². The van der Waals surface area contributed by atoms with Gasteiger partial charge < -0.3 is 10.5 Å². The summed E-state index contributed by atoms with van der Waals surface area (Å²) in [7, 11) is 1.60. The number of alkyl halides is 1. The fourth-order valence-corrected chi connectivity index (χ4v) is 1.11. The Hall–Kier alpha value is -1.33. The molecule has 14 heavy (non-hydrogen) atoms. The lowest BCUT2D eigenvalue weighted by atomic mass is 10.2. The van der Waals surface area contributed by atoms with E-state index < -0.39 is 0 Å². The van der Waals surface area contributed by atoms with Gasteiger partial charge in [0, 0.05) is 24.1 Å². The Morgan fingerprint density at radius 2 is 2.29 bits per heavy atom. The zero-order chi connectivity index (χ0) is 10.4. The second-order valence-corrected chi connectivity index (χ2v) is 3.08. The van der Waals surface area contributed by atoms with Crippen LogP contribution in [0.25, 0.3) is 0 Å². The maximum Gasteiger partial charge on any atom is 0.136 e. The average molecular weight is 210 g/mol. The molecule has 1 aromatic carbocycles. The van der Waals surface area contributed by atoms with Crippen molar-refractivity contribution in [2.75, 3.05) is 18.7 Å². The molecule has 0 heterocycles. The van der Waals surface area contributed by atoms with Crippen molar-refractivity contribution < 1.29 is 4.74 Å². The van der Waals surface area contributed by atoms with Gasteiger partial charge in [-0.05, 0) is 12.1 Å². The molecule has 0 radical (unpaired) electrons. The maximum atomic E-state index is 5.61. The van der Waals surface area contributed by atoms with Crippen LogP contribution in [0.4, 0.5) is 5.69 Å². The fourth-order valence-electron chi connectivity index (χ4n) is 1.02. The van der Waals surface area contributed by atoms with E-state index in [0.29, 0.717) is 23.7 Å². The van der Waals surface area contributed by atoms with E-state index in [4.69, 9.17) is 22.1 Å². The zero-order valence-corrected chi connectivity index (χ0v) is 8.77. The van der Waals surface area contributed by atoms with Gasteiger partial charge in [0.25, 0.3) is 0 Å². The highest BCUT2D eigenvalue weighted by molar-refractivity contribution is 6.18. The Morgan fingerprint density at radius 1 is 1.50 bits per heavy atom. The highest BCUT2D eigenvalue weighted by Gasteiger charge is 1.99. The largest absolute Gasteiger partial charge is 0.495 e. The van der Waals surface area contributed by atoms with Crippen LogP contribution in [0.2, 0.25) is 0 Å². The molecule has 0 aliphatic rings. The minimum atomic E-state index is 0.546. The molecule has 0 atom stereocenters. The summed E-state index contributed by atoms with van der Waals surface area (Å²) < 4.78 is 5.14. The highest BCUT2D eigenvalue weighted by atomic mass is 35.5. The SMILES string of the molecule is COc1cc(N)ccc1C#CCCCl. The van der Waals surface area contributed by atoms with E-state index in [1.54, 1.807) is 19.2 Å². The number of rotatable bonds is 2. The number of anilines is 1. The first-order chi connectivity index (χ1) is 6.77. The number of hydrogen-bond acceptors (Lipinski definition) is 2. The molecule has 0 spiro atoms. The molecule has 2 N–H and O–H groups in total. The van der Waals surface area contributed by atoms with Gasteiger partial charge in [0.2, 0.25) is 0 Å². The lowest BCUT2D eigenvalue weighted by Crippen LogP contribution is -1.91. The van der Waals surface area contributed by atoms with Crippen molar-refractivity contribution in [2.24, 2.45) is 0 Å². The van der Waals surface area contributed by atoms with Gasteiger partial charge in [-0.2, -0.15) is 0 Å². The van der Waals surface area contributed by atoms with Crippen molar-refractivity contribution in [1.82, 2.24) is 0 Å². The fraction of sp³-hybridized carbons (Fsp3) is 0.273. The van der Waals surface area contributed by atoms with Gasteiger partial charge in [-0.1, -0.05) is 11.8 Å². The summed E-state index contributed by atoms with van der Waals surface area (Å²) in [5.41, 5.74) is 7.12. The van der Waals surface area contributed by atoms with Crippen LogP contribution in [-0.2, 0) is 0 Å². The lowest BCUT2D eigenvalue weighted by molar-refractivity contribution is 0.414. The van der Waals surface area contributed by atoms with Gasteiger partial charge in [-0.15, -0.1) is 11.6 Å². The van der Waals surface area contributed by atoms with Crippen LogP contribution in [0.1, 0.15) is 12.0 Å². The topological polar surface area (TPSA) is 35.2 Å². The van der Waals surface area contributed by atoms with Crippen LogP contribution in [0.15, 0.2) is 18.2 Å². The van der Waals surface area contributed by atoms with Gasteiger partial charge in [0.05, 0.1) is 12.7 Å². The Labute approximate surface area is 89.0 Å². The summed E-state index contributed by atoms with van der Waals surface area (Å²) in [6, 6.07) is 5.40. The molecule has 0 fully saturated rings. The van der Waals surface area contributed by atoms with Crippen molar-refractivity contribution >= 4 is 17.3 Å². The molecule has 0 aliphatic heterocycles. The average Bonchev–Trinajstić information content (AvgIpc) is 2.20. The van der Waals surface area contributed by atoms with Crippen molar-refractivity contribution in [2.45, 2.75) is 6.42 Å². The first-order valence-electron chi connectivity index (χ1n) is 4.26. The summed E-state index contributed by atoms with van der Waals surface area (Å²) in [6.07, 6.45) is 0.676. The Morgan fingerprint density at radius 3 is 2.93 bits per heavy atom. The standard InChI is InChI=1S/C11H12ClNO/c1-14-11-8-10(13)6-5-9(11)4-2-3-7-12/h5-6,8H,3,7,13H2,1H3. The van der Waals surface area contributed by atoms with Gasteiger partial charge in [0.15, 0.2) is 0 Å². The normalized spacial score (nSPS) is 9.00. The molecule has 0 unspecified atom stereocenters. The maximum absolute atomic E-state index is 5.61. The summed E-state index contributed by atoms with van der Waals surface area (Å²) in [4.78, 5) is 0. The number of nitrogens with two attached hydrogens (primary N) is 1. The van der Waals surface area contributed by atoms with E-state index in [-0.39, 0.29) is 0 Å². The van der Waals surface area contributed by atoms with Crippen LogP contribution in [0, 0.1) is 11.8 Å². The number of hydrogen-bond donors (Lipinski definition) is 1. The molecule has 3 heteroatoms. The second-order valence-electron chi connectivity index (χ2n) is 2.70. The first kappa shape index (κ1) is 10.7. The Kier molecular flexibility index (Phi) is 4.15. The van der Waals surface area contributed by atoms with Crippen LogP contribution < -0.4 is 10.5 Å². The third-order valence-electron chi connectivity index (χ3n) is 1.67. The molecule has 0 amide bonds. The number of nitrogen functional groups attached to an aromatic ring is 1. The highest BCUT2D eigenvalue weighted by Crippen LogP contribution is 2.20. The summed E-state index contributed by atoms with van der Waals surface area (Å²) >= 11 is 5.51. The van der Waals surface area contributed by atoms with E-state index >= 15 is 0 Å². The molecule has 1 aromatic rings. The number of methoxy groups -OCH3 is 1. The Balaban J connectivity index is 2.92.